The van der Waals surface area contributed by atoms with Crippen molar-refractivity contribution in [2.45, 2.75) is 6.61 Å². The maximum Gasteiger partial charge on any atom is 0.189 e. The molecule has 0 unspecified atom stereocenters. The standard InChI is InChI=1S/C15H15ClN2O3/c16-12-7-4-8-13(14(12)15(17)18-19)21-10-20-9-11-5-2-1-3-6-11/h1-8,19H,9-10H2,(H2,17,18). The van der Waals surface area contributed by atoms with Crippen LogP contribution in [0.5, 0.6) is 5.75 Å². The van der Waals surface area contributed by atoms with Gasteiger partial charge in [0, 0.05) is 0 Å². The molecule has 110 valence electrons. The lowest BCUT2D eigenvalue weighted by Crippen LogP contribution is -2.16. The van der Waals surface area contributed by atoms with E-state index in [0.29, 0.717) is 22.9 Å². The SMILES string of the molecule is N/C(=N/O)c1c(Cl)cccc1OCOCc1ccccc1. The van der Waals surface area contributed by atoms with Crippen LogP contribution in [0.25, 0.3) is 0 Å². The Bertz CT molecular complexity index is 618. The number of ether oxygens (including phenoxy) is 2. The number of nitrogens with two attached hydrogens (primary N) is 1. The van der Waals surface area contributed by atoms with Crippen LogP contribution in [-0.4, -0.2) is 17.8 Å². The number of amidine groups is 1. The Hall–Kier alpha value is -2.24. The van der Waals surface area contributed by atoms with Gasteiger partial charge in [-0.15, -0.1) is 0 Å². The molecule has 0 aliphatic heterocycles. The molecule has 0 bridgehead atoms. The van der Waals surface area contributed by atoms with Crippen LogP contribution in [0.1, 0.15) is 11.1 Å². The van der Waals surface area contributed by atoms with Crippen molar-refractivity contribution in [2.24, 2.45) is 10.9 Å². The van der Waals surface area contributed by atoms with E-state index in [9.17, 15) is 0 Å². The largest absolute Gasteiger partial charge is 0.467 e. The second-order valence-electron chi connectivity index (χ2n) is 4.19. The van der Waals surface area contributed by atoms with Gasteiger partial charge in [-0.3, -0.25) is 0 Å². The van der Waals surface area contributed by atoms with E-state index in [4.69, 9.17) is 32.0 Å². The van der Waals surface area contributed by atoms with Crippen molar-refractivity contribution in [2.75, 3.05) is 6.79 Å². The van der Waals surface area contributed by atoms with Gasteiger partial charge in [-0.05, 0) is 17.7 Å². The molecule has 2 aromatic rings. The average molecular weight is 307 g/mol. The molecular weight excluding hydrogens is 292 g/mol. The topological polar surface area (TPSA) is 77.1 Å². The molecule has 0 spiro atoms. The fourth-order valence-corrected chi connectivity index (χ4v) is 2.02. The zero-order valence-electron chi connectivity index (χ0n) is 11.2. The molecule has 21 heavy (non-hydrogen) atoms. The summed E-state index contributed by atoms with van der Waals surface area (Å²) in [7, 11) is 0. The average Bonchev–Trinajstić information content (AvgIpc) is 2.52. The Morgan fingerprint density at radius 2 is 1.90 bits per heavy atom. The minimum absolute atomic E-state index is 0.0287. The van der Waals surface area contributed by atoms with E-state index >= 15 is 0 Å². The highest BCUT2D eigenvalue weighted by molar-refractivity contribution is 6.34. The van der Waals surface area contributed by atoms with E-state index < -0.39 is 0 Å². The molecule has 0 aliphatic rings. The van der Waals surface area contributed by atoms with Crippen molar-refractivity contribution in [1.82, 2.24) is 0 Å². The van der Waals surface area contributed by atoms with Crippen LogP contribution in [0.3, 0.4) is 0 Å². The summed E-state index contributed by atoms with van der Waals surface area (Å²) in [5.74, 6) is 0.282. The normalized spacial score (nSPS) is 11.4. The molecule has 0 heterocycles. The zero-order valence-corrected chi connectivity index (χ0v) is 12.0. The molecule has 2 aromatic carbocycles. The molecule has 0 fully saturated rings. The molecule has 2 rings (SSSR count). The highest BCUT2D eigenvalue weighted by atomic mass is 35.5. The number of rotatable bonds is 6. The Labute approximate surface area is 127 Å². The van der Waals surface area contributed by atoms with Gasteiger partial charge in [0.2, 0.25) is 0 Å². The number of nitrogens with zero attached hydrogens (tertiary/aromatic N) is 1. The molecule has 0 amide bonds. The maximum atomic E-state index is 8.77. The molecular formula is C15H15ClN2O3. The van der Waals surface area contributed by atoms with Gasteiger partial charge < -0.3 is 20.4 Å². The van der Waals surface area contributed by atoms with Gasteiger partial charge in [-0.1, -0.05) is 53.2 Å². The molecule has 0 radical (unpaired) electrons. The first-order chi connectivity index (χ1) is 10.2. The number of oxime groups is 1. The third-order valence-electron chi connectivity index (χ3n) is 2.75. The summed E-state index contributed by atoms with van der Waals surface area (Å²) in [4.78, 5) is 0. The summed E-state index contributed by atoms with van der Waals surface area (Å²) in [5.41, 5.74) is 6.97. The van der Waals surface area contributed by atoms with Gasteiger partial charge in [0.25, 0.3) is 0 Å². The molecule has 0 atom stereocenters. The first-order valence-electron chi connectivity index (χ1n) is 6.23. The third-order valence-corrected chi connectivity index (χ3v) is 3.06. The number of halogens is 1. The van der Waals surface area contributed by atoms with E-state index in [0.717, 1.165) is 5.56 Å². The van der Waals surface area contributed by atoms with Crippen LogP contribution in [0.15, 0.2) is 53.7 Å². The summed E-state index contributed by atoms with van der Waals surface area (Å²) in [5, 5.41) is 12.1. The first-order valence-corrected chi connectivity index (χ1v) is 6.61. The summed E-state index contributed by atoms with van der Waals surface area (Å²) in [6, 6.07) is 14.7. The first kappa shape index (κ1) is 15.2. The van der Waals surface area contributed by atoms with Crippen molar-refractivity contribution in [3.8, 4) is 5.75 Å². The highest BCUT2D eigenvalue weighted by Gasteiger charge is 2.12. The summed E-state index contributed by atoms with van der Waals surface area (Å²) < 4.78 is 10.9. The maximum absolute atomic E-state index is 8.77. The Morgan fingerprint density at radius 3 is 2.62 bits per heavy atom. The molecule has 0 saturated carbocycles. The van der Waals surface area contributed by atoms with Gasteiger partial charge in [-0.2, -0.15) is 0 Å². The van der Waals surface area contributed by atoms with Gasteiger partial charge in [0.1, 0.15) is 5.75 Å². The Balaban J connectivity index is 1.96. The molecule has 0 aliphatic carbocycles. The second-order valence-corrected chi connectivity index (χ2v) is 4.60. The van der Waals surface area contributed by atoms with Crippen molar-refractivity contribution >= 4 is 17.4 Å². The fourth-order valence-electron chi connectivity index (χ4n) is 1.76. The lowest BCUT2D eigenvalue weighted by atomic mass is 10.2. The molecule has 0 aromatic heterocycles. The van der Waals surface area contributed by atoms with Crippen LogP contribution < -0.4 is 10.5 Å². The lowest BCUT2D eigenvalue weighted by molar-refractivity contribution is 0.00494. The predicted molar refractivity (Wildman–Crippen MR) is 80.7 cm³/mol. The van der Waals surface area contributed by atoms with E-state index in [2.05, 4.69) is 5.16 Å². The van der Waals surface area contributed by atoms with Crippen LogP contribution in [0.4, 0.5) is 0 Å². The van der Waals surface area contributed by atoms with Gasteiger partial charge >= 0.3 is 0 Å². The minimum atomic E-state index is -0.112. The van der Waals surface area contributed by atoms with Crippen molar-refractivity contribution in [3.63, 3.8) is 0 Å². The van der Waals surface area contributed by atoms with Crippen molar-refractivity contribution in [3.05, 3.63) is 64.7 Å². The number of hydrogen-bond donors (Lipinski definition) is 2. The van der Waals surface area contributed by atoms with Gasteiger partial charge in [-0.25, -0.2) is 0 Å². The molecule has 6 heteroatoms. The zero-order chi connectivity index (χ0) is 15.1. The molecule has 3 N–H and O–H groups in total. The molecule has 5 nitrogen and oxygen atoms in total. The quantitative estimate of drug-likeness (QED) is 0.215. The van der Waals surface area contributed by atoms with E-state index in [1.165, 1.54) is 0 Å². The highest BCUT2D eigenvalue weighted by Crippen LogP contribution is 2.26. The van der Waals surface area contributed by atoms with E-state index in [-0.39, 0.29) is 12.6 Å². The van der Waals surface area contributed by atoms with Crippen molar-refractivity contribution in [1.29, 1.82) is 0 Å². The van der Waals surface area contributed by atoms with Crippen molar-refractivity contribution < 1.29 is 14.7 Å². The monoisotopic (exact) mass is 306 g/mol. The lowest BCUT2D eigenvalue weighted by Gasteiger charge is -2.12. The van der Waals surface area contributed by atoms with Crippen LogP contribution in [0, 0.1) is 0 Å². The summed E-state index contributed by atoms with van der Waals surface area (Å²) in [6.45, 7) is 0.460. The smallest absolute Gasteiger partial charge is 0.189 e. The van der Waals surface area contributed by atoms with Crippen LogP contribution in [-0.2, 0) is 11.3 Å². The van der Waals surface area contributed by atoms with E-state index in [1.54, 1.807) is 18.2 Å². The molecule has 0 saturated heterocycles. The van der Waals surface area contributed by atoms with Gasteiger partial charge in [0.15, 0.2) is 12.6 Å². The number of benzene rings is 2. The van der Waals surface area contributed by atoms with Gasteiger partial charge in [0.05, 0.1) is 17.2 Å². The second kappa shape index (κ2) is 7.52. The number of hydrogen-bond acceptors (Lipinski definition) is 4. The summed E-state index contributed by atoms with van der Waals surface area (Å²) >= 11 is 6.02. The Kier molecular flexibility index (Phi) is 5.43. The minimum Gasteiger partial charge on any atom is -0.467 e. The fraction of sp³-hybridized carbons (Fsp3) is 0.133. The Morgan fingerprint density at radius 1 is 1.14 bits per heavy atom. The van der Waals surface area contributed by atoms with E-state index in [1.807, 2.05) is 30.3 Å². The predicted octanol–water partition coefficient (Wildman–Crippen LogP) is 2.99. The third kappa shape index (κ3) is 4.11. The van der Waals surface area contributed by atoms with Crippen LogP contribution in [0.2, 0.25) is 5.02 Å². The van der Waals surface area contributed by atoms with Crippen LogP contribution >= 0.6 is 11.6 Å². The summed E-state index contributed by atoms with van der Waals surface area (Å²) in [6.07, 6.45) is 0.